The number of nitrogen functional groups attached to an aromatic ring is 1. The van der Waals surface area contributed by atoms with Crippen molar-refractivity contribution in [2.24, 2.45) is 7.05 Å². The minimum absolute atomic E-state index is 0.120. The highest BCUT2D eigenvalue weighted by molar-refractivity contribution is 6.09. The van der Waals surface area contributed by atoms with Crippen molar-refractivity contribution in [3.8, 4) is 5.75 Å². The lowest BCUT2D eigenvalue weighted by Gasteiger charge is -2.19. The Bertz CT molecular complexity index is 1390. The number of aromatic hydroxyl groups is 1. The molecule has 0 spiro atoms. The quantitative estimate of drug-likeness (QED) is 0.218. The molecule has 1 aromatic heterocycles. The van der Waals surface area contributed by atoms with Crippen LogP contribution >= 0.6 is 0 Å². The summed E-state index contributed by atoms with van der Waals surface area (Å²) in [4.78, 5) is 25.7. The molecule has 166 valence electrons. The second-order valence-corrected chi connectivity index (χ2v) is 7.84. The maximum atomic E-state index is 12.9. The van der Waals surface area contributed by atoms with Gasteiger partial charge in [0.2, 0.25) is 0 Å². The average Bonchev–Trinajstić information content (AvgIpc) is 2.83. The molecule has 0 bridgehead atoms. The van der Waals surface area contributed by atoms with E-state index in [-0.39, 0.29) is 17.4 Å². The normalized spacial score (nSPS) is 12.2. The van der Waals surface area contributed by atoms with Crippen LogP contribution in [0.4, 0.5) is 11.4 Å². The Morgan fingerprint density at radius 2 is 1.79 bits per heavy atom. The molecule has 0 saturated heterocycles. The van der Waals surface area contributed by atoms with Gasteiger partial charge in [0, 0.05) is 23.8 Å². The molecule has 0 amide bonds. The lowest BCUT2D eigenvalue weighted by Crippen LogP contribution is -2.24. The van der Waals surface area contributed by atoms with E-state index in [2.05, 4.69) is 5.32 Å². The van der Waals surface area contributed by atoms with Crippen LogP contribution in [0.2, 0.25) is 0 Å². The molecule has 3 aromatic carbocycles. The van der Waals surface area contributed by atoms with Gasteiger partial charge in [-0.15, -0.1) is 0 Å². The van der Waals surface area contributed by atoms with Crippen molar-refractivity contribution in [3.05, 3.63) is 112 Å². The van der Waals surface area contributed by atoms with E-state index in [1.165, 1.54) is 10.6 Å². The monoisotopic (exact) mass is 439 g/mol. The highest BCUT2D eigenvalue weighted by atomic mass is 16.3. The number of aryl methyl sites for hydroxylation is 1. The SMILES string of the molecule is Cn1c(=O)c(C(=O)/C=C/C[C@@H](Nc2cccc(N)c2)c2ccccc2)c(O)c2ccccc21. The van der Waals surface area contributed by atoms with Crippen LogP contribution in [0.15, 0.2) is 95.8 Å². The molecule has 4 aromatic rings. The molecule has 0 fully saturated rings. The van der Waals surface area contributed by atoms with Gasteiger partial charge in [-0.05, 0) is 48.4 Å². The third-order valence-corrected chi connectivity index (χ3v) is 5.59. The molecule has 0 aliphatic rings. The number of nitrogens with two attached hydrogens (primary N) is 1. The first kappa shape index (κ1) is 21.9. The molecule has 0 radical (unpaired) electrons. The Kier molecular flexibility index (Phi) is 6.26. The number of allylic oxidation sites excluding steroid dienone is 1. The fourth-order valence-corrected chi connectivity index (χ4v) is 3.89. The van der Waals surface area contributed by atoms with E-state index < -0.39 is 11.3 Å². The van der Waals surface area contributed by atoms with Gasteiger partial charge in [-0.1, -0.05) is 54.6 Å². The zero-order valence-corrected chi connectivity index (χ0v) is 18.2. The fourth-order valence-electron chi connectivity index (χ4n) is 3.89. The topological polar surface area (TPSA) is 97.4 Å². The van der Waals surface area contributed by atoms with Gasteiger partial charge in [0.15, 0.2) is 5.78 Å². The van der Waals surface area contributed by atoms with E-state index in [0.717, 1.165) is 11.3 Å². The Hall–Kier alpha value is -4.32. The lowest BCUT2D eigenvalue weighted by atomic mass is 10.0. The molecular weight excluding hydrogens is 414 g/mol. The minimum atomic E-state index is -0.533. The van der Waals surface area contributed by atoms with Crippen LogP contribution in [0.3, 0.4) is 0 Å². The molecule has 0 unspecified atom stereocenters. The Morgan fingerprint density at radius 1 is 1.06 bits per heavy atom. The maximum absolute atomic E-state index is 12.9. The van der Waals surface area contributed by atoms with Gasteiger partial charge in [0.1, 0.15) is 11.3 Å². The van der Waals surface area contributed by atoms with Gasteiger partial charge in [-0.2, -0.15) is 0 Å². The van der Waals surface area contributed by atoms with Crippen molar-refractivity contribution in [1.29, 1.82) is 0 Å². The number of fused-ring (bicyclic) bond motifs is 1. The largest absolute Gasteiger partial charge is 0.506 e. The Morgan fingerprint density at radius 3 is 2.55 bits per heavy atom. The number of nitrogens with zero attached hydrogens (tertiary/aromatic N) is 1. The molecule has 0 saturated carbocycles. The zero-order chi connectivity index (χ0) is 23.4. The molecule has 4 rings (SSSR count). The van der Waals surface area contributed by atoms with E-state index in [9.17, 15) is 14.7 Å². The number of hydrogen-bond donors (Lipinski definition) is 3. The van der Waals surface area contributed by atoms with E-state index in [1.807, 2.05) is 54.6 Å². The Labute approximate surface area is 191 Å². The van der Waals surface area contributed by atoms with Gasteiger partial charge in [0.25, 0.3) is 5.56 Å². The molecule has 0 aliphatic carbocycles. The first-order valence-corrected chi connectivity index (χ1v) is 10.6. The van der Waals surface area contributed by atoms with E-state index in [1.54, 1.807) is 37.4 Å². The highest BCUT2D eigenvalue weighted by Crippen LogP contribution is 2.27. The fraction of sp³-hybridized carbons (Fsp3) is 0.111. The molecule has 6 heteroatoms. The summed E-state index contributed by atoms with van der Waals surface area (Å²) in [7, 11) is 1.59. The predicted molar refractivity (Wildman–Crippen MR) is 133 cm³/mol. The van der Waals surface area contributed by atoms with Gasteiger partial charge in [-0.3, -0.25) is 9.59 Å². The highest BCUT2D eigenvalue weighted by Gasteiger charge is 2.19. The van der Waals surface area contributed by atoms with E-state index in [4.69, 9.17) is 5.73 Å². The average molecular weight is 440 g/mol. The molecule has 0 aliphatic heterocycles. The number of benzene rings is 3. The van der Waals surface area contributed by atoms with E-state index >= 15 is 0 Å². The van der Waals surface area contributed by atoms with Crippen molar-refractivity contribution >= 4 is 28.1 Å². The number of hydrogen-bond acceptors (Lipinski definition) is 5. The summed E-state index contributed by atoms with van der Waals surface area (Å²) in [6, 6.07) is 24.2. The van der Waals surface area contributed by atoms with Gasteiger partial charge >= 0.3 is 0 Å². The lowest BCUT2D eigenvalue weighted by molar-refractivity contribution is 0.104. The first-order chi connectivity index (χ1) is 16.0. The molecular formula is C27H25N3O3. The van der Waals surface area contributed by atoms with Gasteiger partial charge in [0.05, 0.1) is 11.6 Å². The molecule has 6 nitrogen and oxygen atoms in total. The number of carbonyl (C=O) groups is 1. The maximum Gasteiger partial charge on any atom is 0.265 e. The van der Waals surface area contributed by atoms with Crippen LogP contribution in [0.25, 0.3) is 10.9 Å². The number of pyridine rings is 1. The van der Waals surface area contributed by atoms with Crippen LogP contribution < -0.4 is 16.6 Å². The number of rotatable bonds is 7. The third-order valence-electron chi connectivity index (χ3n) is 5.59. The van der Waals surface area contributed by atoms with Crippen molar-refractivity contribution in [1.82, 2.24) is 4.57 Å². The van der Waals surface area contributed by atoms with Crippen LogP contribution in [0.1, 0.15) is 28.4 Å². The van der Waals surface area contributed by atoms with Crippen LogP contribution in [0.5, 0.6) is 5.75 Å². The summed E-state index contributed by atoms with van der Waals surface area (Å²) >= 11 is 0. The zero-order valence-electron chi connectivity index (χ0n) is 18.2. The summed E-state index contributed by atoms with van der Waals surface area (Å²) in [5, 5.41) is 14.5. The van der Waals surface area contributed by atoms with Crippen molar-refractivity contribution in [2.45, 2.75) is 12.5 Å². The summed E-state index contributed by atoms with van der Waals surface area (Å²) in [5.41, 5.74) is 8.27. The van der Waals surface area contributed by atoms with Crippen LogP contribution in [0, 0.1) is 0 Å². The third kappa shape index (κ3) is 4.65. The number of anilines is 2. The first-order valence-electron chi connectivity index (χ1n) is 10.6. The second kappa shape index (κ2) is 9.44. The predicted octanol–water partition coefficient (Wildman–Crippen LogP) is 4.81. The smallest absolute Gasteiger partial charge is 0.265 e. The Balaban J connectivity index is 1.61. The molecule has 1 heterocycles. The number of para-hydroxylation sites is 1. The van der Waals surface area contributed by atoms with E-state index in [0.29, 0.717) is 23.0 Å². The van der Waals surface area contributed by atoms with Gasteiger partial charge < -0.3 is 20.7 Å². The number of nitrogens with one attached hydrogen (secondary N) is 1. The van der Waals surface area contributed by atoms with Gasteiger partial charge in [-0.25, -0.2) is 0 Å². The van der Waals surface area contributed by atoms with Crippen molar-refractivity contribution < 1.29 is 9.90 Å². The number of ketones is 1. The minimum Gasteiger partial charge on any atom is -0.506 e. The molecule has 33 heavy (non-hydrogen) atoms. The summed E-state index contributed by atoms with van der Waals surface area (Å²) in [5.74, 6) is -0.824. The van der Waals surface area contributed by atoms with Crippen molar-refractivity contribution in [2.75, 3.05) is 11.1 Å². The van der Waals surface area contributed by atoms with Crippen LogP contribution in [-0.4, -0.2) is 15.5 Å². The standard InChI is InChI=1S/C27H25N3O3/c1-30-23-15-6-5-13-21(23)26(32)25(27(30)33)24(31)16-8-14-22(18-9-3-2-4-10-18)29-20-12-7-11-19(28)17-20/h2-13,15-17,22,29,32H,14,28H2,1H3/b16-8+/t22-/m1/s1. The van der Waals surface area contributed by atoms with Crippen LogP contribution in [-0.2, 0) is 7.05 Å². The summed E-state index contributed by atoms with van der Waals surface area (Å²) in [6.07, 6.45) is 3.55. The van der Waals surface area contributed by atoms with Crippen molar-refractivity contribution in [3.63, 3.8) is 0 Å². The number of aromatic nitrogens is 1. The summed E-state index contributed by atoms with van der Waals surface area (Å²) in [6.45, 7) is 0. The molecule has 1 atom stereocenters. The number of carbonyl (C=O) groups excluding carboxylic acids is 1. The second-order valence-electron chi connectivity index (χ2n) is 7.84. The summed E-state index contributed by atoms with van der Waals surface area (Å²) < 4.78 is 1.38. The molecule has 4 N–H and O–H groups in total.